The van der Waals surface area contributed by atoms with E-state index in [1.165, 1.54) is 0 Å². The predicted molar refractivity (Wildman–Crippen MR) is 80.0 cm³/mol. The number of rotatable bonds is 8. The minimum atomic E-state index is -0.779. The van der Waals surface area contributed by atoms with Crippen LogP contribution >= 0.6 is 0 Å². The maximum atomic E-state index is 12.0. The quantitative estimate of drug-likeness (QED) is 0.636. The Morgan fingerprint density at radius 1 is 1.33 bits per heavy atom. The molecule has 21 heavy (non-hydrogen) atoms. The second-order valence-electron chi connectivity index (χ2n) is 6.65. The van der Waals surface area contributed by atoms with Crippen LogP contribution in [-0.2, 0) is 4.79 Å². The summed E-state index contributed by atoms with van der Waals surface area (Å²) in [6.07, 6.45) is 3.25. The molecule has 0 aromatic heterocycles. The third-order valence-electron chi connectivity index (χ3n) is 4.20. The van der Waals surface area contributed by atoms with Gasteiger partial charge in [-0.05, 0) is 37.0 Å². The molecule has 6 heteroatoms. The molecule has 1 rings (SSSR count). The van der Waals surface area contributed by atoms with Crippen molar-refractivity contribution in [1.29, 1.82) is 0 Å². The van der Waals surface area contributed by atoms with Crippen molar-refractivity contribution in [3.05, 3.63) is 0 Å². The maximum Gasteiger partial charge on any atom is 0.317 e. The molecule has 3 N–H and O–H groups in total. The van der Waals surface area contributed by atoms with Crippen LogP contribution < -0.4 is 5.32 Å². The van der Waals surface area contributed by atoms with E-state index in [1.54, 1.807) is 4.90 Å². The molecule has 0 saturated carbocycles. The second-order valence-corrected chi connectivity index (χ2v) is 6.65. The van der Waals surface area contributed by atoms with E-state index >= 15 is 0 Å². The number of nitrogens with one attached hydrogen (secondary N) is 1. The van der Waals surface area contributed by atoms with Crippen molar-refractivity contribution in [1.82, 2.24) is 10.2 Å². The van der Waals surface area contributed by atoms with E-state index in [1.807, 2.05) is 13.8 Å². The lowest BCUT2D eigenvalue weighted by molar-refractivity contribution is -0.137. The van der Waals surface area contributed by atoms with Crippen LogP contribution in [0.25, 0.3) is 0 Å². The number of carbonyl (C=O) groups is 2. The van der Waals surface area contributed by atoms with Gasteiger partial charge in [0, 0.05) is 32.7 Å². The normalized spacial score (nSPS) is 18.8. The molecule has 1 aliphatic rings. The van der Waals surface area contributed by atoms with Crippen LogP contribution in [0.1, 0.15) is 46.0 Å². The molecule has 0 bridgehead atoms. The standard InChI is InChI=1S/C15H28N2O4/c1-15(2,6-3-13(19)20)7-8-16-14(21)17-9-4-12(11-17)5-10-18/h12,18H,3-11H2,1-2H3,(H,16,21)(H,19,20). The number of aliphatic hydroxyl groups excluding tert-OH is 1. The first-order valence-electron chi connectivity index (χ1n) is 7.69. The summed E-state index contributed by atoms with van der Waals surface area (Å²) in [5.41, 5.74) is -0.0872. The molecule has 2 amide bonds. The van der Waals surface area contributed by atoms with Crippen LogP contribution in [0.2, 0.25) is 0 Å². The minimum absolute atomic E-state index is 0.0514. The van der Waals surface area contributed by atoms with E-state index < -0.39 is 5.97 Å². The first-order chi connectivity index (χ1) is 9.84. The smallest absolute Gasteiger partial charge is 0.317 e. The van der Waals surface area contributed by atoms with Gasteiger partial charge >= 0.3 is 12.0 Å². The highest BCUT2D eigenvalue weighted by Gasteiger charge is 2.26. The number of hydrogen-bond acceptors (Lipinski definition) is 3. The maximum absolute atomic E-state index is 12.0. The number of carbonyl (C=O) groups excluding carboxylic acids is 1. The number of urea groups is 1. The lowest BCUT2D eigenvalue weighted by Gasteiger charge is -2.25. The summed E-state index contributed by atoms with van der Waals surface area (Å²) in [7, 11) is 0. The zero-order valence-corrected chi connectivity index (χ0v) is 13.1. The monoisotopic (exact) mass is 300 g/mol. The van der Waals surface area contributed by atoms with Gasteiger partial charge in [-0.15, -0.1) is 0 Å². The highest BCUT2D eigenvalue weighted by atomic mass is 16.4. The van der Waals surface area contributed by atoms with E-state index in [0.717, 1.165) is 32.4 Å². The van der Waals surface area contributed by atoms with E-state index in [2.05, 4.69) is 5.32 Å². The number of aliphatic hydroxyl groups is 1. The summed E-state index contributed by atoms with van der Waals surface area (Å²) in [5.74, 6) is -0.369. The molecule has 0 aliphatic carbocycles. The van der Waals surface area contributed by atoms with E-state index in [0.29, 0.717) is 18.9 Å². The van der Waals surface area contributed by atoms with Crippen LogP contribution in [-0.4, -0.2) is 53.4 Å². The first kappa shape index (κ1) is 17.8. The number of carboxylic acid groups (broad SMARTS) is 1. The Morgan fingerprint density at radius 3 is 2.67 bits per heavy atom. The van der Waals surface area contributed by atoms with Crippen LogP contribution in [0.15, 0.2) is 0 Å². The SMILES string of the molecule is CC(C)(CCNC(=O)N1CCC(CCO)C1)CCC(=O)O. The van der Waals surface area contributed by atoms with Gasteiger partial charge in [0.25, 0.3) is 0 Å². The Balaban J connectivity index is 2.23. The van der Waals surface area contributed by atoms with E-state index in [4.69, 9.17) is 10.2 Å². The van der Waals surface area contributed by atoms with E-state index in [9.17, 15) is 9.59 Å². The number of hydrogen-bond donors (Lipinski definition) is 3. The number of aliphatic carboxylic acids is 1. The third kappa shape index (κ3) is 6.80. The van der Waals surface area contributed by atoms with Crippen molar-refractivity contribution in [2.75, 3.05) is 26.2 Å². The molecule has 1 atom stereocenters. The van der Waals surface area contributed by atoms with Gasteiger partial charge in [0.2, 0.25) is 0 Å². The van der Waals surface area contributed by atoms with E-state index in [-0.39, 0.29) is 24.5 Å². The minimum Gasteiger partial charge on any atom is -0.481 e. The Morgan fingerprint density at radius 2 is 2.05 bits per heavy atom. The average molecular weight is 300 g/mol. The molecule has 1 saturated heterocycles. The number of likely N-dealkylation sites (tertiary alicyclic amines) is 1. The highest BCUT2D eigenvalue weighted by molar-refractivity contribution is 5.74. The molecule has 122 valence electrons. The second kappa shape index (κ2) is 8.22. The summed E-state index contributed by atoms with van der Waals surface area (Å²) < 4.78 is 0. The summed E-state index contributed by atoms with van der Waals surface area (Å²) in [6, 6.07) is -0.0514. The fourth-order valence-electron chi connectivity index (χ4n) is 2.63. The molecule has 0 radical (unpaired) electrons. The number of amides is 2. The van der Waals surface area contributed by atoms with Crippen LogP contribution in [0, 0.1) is 11.3 Å². The molecular weight excluding hydrogens is 272 g/mol. The molecule has 0 spiro atoms. The fourth-order valence-corrected chi connectivity index (χ4v) is 2.63. The van der Waals surface area contributed by atoms with Gasteiger partial charge in [-0.3, -0.25) is 4.79 Å². The van der Waals surface area contributed by atoms with Gasteiger partial charge in [0.15, 0.2) is 0 Å². The van der Waals surface area contributed by atoms with Gasteiger partial charge < -0.3 is 20.4 Å². The van der Waals surface area contributed by atoms with Gasteiger partial charge in [-0.2, -0.15) is 0 Å². The van der Waals surface area contributed by atoms with Gasteiger partial charge in [-0.1, -0.05) is 13.8 Å². The zero-order chi connectivity index (χ0) is 15.9. The van der Waals surface area contributed by atoms with Crippen molar-refractivity contribution >= 4 is 12.0 Å². The lowest BCUT2D eigenvalue weighted by atomic mass is 9.84. The van der Waals surface area contributed by atoms with Gasteiger partial charge in [0.05, 0.1) is 0 Å². The van der Waals surface area contributed by atoms with Crippen molar-refractivity contribution in [3.63, 3.8) is 0 Å². The molecule has 6 nitrogen and oxygen atoms in total. The summed E-state index contributed by atoms with van der Waals surface area (Å²) in [5, 5.41) is 20.5. The van der Waals surface area contributed by atoms with Crippen molar-refractivity contribution in [2.24, 2.45) is 11.3 Å². The Kier molecular flexibility index (Phi) is 6.95. The van der Waals surface area contributed by atoms with Crippen molar-refractivity contribution in [3.8, 4) is 0 Å². The average Bonchev–Trinajstić information content (AvgIpc) is 2.85. The highest BCUT2D eigenvalue weighted by Crippen LogP contribution is 2.26. The zero-order valence-electron chi connectivity index (χ0n) is 13.1. The molecule has 1 aliphatic heterocycles. The lowest BCUT2D eigenvalue weighted by Crippen LogP contribution is -2.39. The fraction of sp³-hybridized carbons (Fsp3) is 0.867. The van der Waals surface area contributed by atoms with Crippen LogP contribution in [0.5, 0.6) is 0 Å². The van der Waals surface area contributed by atoms with Crippen molar-refractivity contribution < 1.29 is 19.8 Å². The number of nitrogens with zero attached hydrogens (tertiary/aromatic N) is 1. The summed E-state index contributed by atoms with van der Waals surface area (Å²) in [6.45, 7) is 6.25. The Bertz CT molecular complexity index is 358. The molecule has 1 fully saturated rings. The van der Waals surface area contributed by atoms with Crippen molar-refractivity contribution in [2.45, 2.75) is 46.0 Å². The Hall–Kier alpha value is -1.30. The van der Waals surface area contributed by atoms with Crippen LogP contribution in [0.3, 0.4) is 0 Å². The molecule has 0 aromatic rings. The van der Waals surface area contributed by atoms with Gasteiger partial charge in [0.1, 0.15) is 0 Å². The molecule has 1 heterocycles. The van der Waals surface area contributed by atoms with Gasteiger partial charge in [-0.25, -0.2) is 4.79 Å². The predicted octanol–water partition coefficient (Wildman–Crippen LogP) is 1.68. The number of carboxylic acids is 1. The third-order valence-corrected chi connectivity index (χ3v) is 4.20. The van der Waals surface area contributed by atoms with Crippen LogP contribution in [0.4, 0.5) is 4.79 Å². The Labute approximate surface area is 126 Å². The molecule has 0 aromatic carbocycles. The summed E-state index contributed by atoms with van der Waals surface area (Å²) in [4.78, 5) is 24.4. The first-order valence-corrected chi connectivity index (χ1v) is 7.69. The topological polar surface area (TPSA) is 89.9 Å². The molecular formula is C15H28N2O4. The summed E-state index contributed by atoms with van der Waals surface area (Å²) >= 11 is 0. The molecule has 1 unspecified atom stereocenters. The largest absolute Gasteiger partial charge is 0.481 e.